The van der Waals surface area contributed by atoms with Crippen LogP contribution in [0, 0.1) is 13.8 Å². The molecule has 0 fully saturated rings. The Balaban J connectivity index is 1.80. The van der Waals surface area contributed by atoms with E-state index in [1.165, 1.54) is 6.26 Å². The average Bonchev–Trinajstić information content (AvgIpc) is 2.99. The summed E-state index contributed by atoms with van der Waals surface area (Å²) < 4.78 is 11.8. The van der Waals surface area contributed by atoms with Crippen molar-refractivity contribution in [1.29, 1.82) is 0 Å². The van der Waals surface area contributed by atoms with Crippen molar-refractivity contribution < 1.29 is 8.83 Å². The van der Waals surface area contributed by atoms with Crippen molar-refractivity contribution in [3.8, 4) is 0 Å². The summed E-state index contributed by atoms with van der Waals surface area (Å²) in [5.41, 5.74) is 3.88. The van der Waals surface area contributed by atoms with Gasteiger partial charge in [-0.3, -0.25) is 14.5 Å². The summed E-state index contributed by atoms with van der Waals surface area (Å²) in [6, 6.07) is 10.6. The molecule has 5 heteroatoms. The lowest BCUT2D eigenvalue weighted by Gasteiger charge is -2.19. The van der Waals surface area contributed by atoms with Gasteiger partial charge in [0.2, 0.25) is 0 Å². The van der Waals surface area contributed by atoms with E-state index in [4.69, 9.17) is 8.83 Å². The molecule has 0 saturated heterocycles. The fraction of sp³-hybridized carbons (Fsp3) is 0.217. The molecule has 5 nitrogen and oxygen atoms in total. The highest BCUT2D eigenvalue weighted by Gasteiger charge is 2.36. The Hall–Kier alpha value is -3.18. The molecule has 3 heterocycles. The Bertz CT molecular complexity index is 1380. The number of aryl methyl sites for hydroxylation is 2. The summed E-state index contributed by atoms with van der Waals surface area (Å²) in [4.78, 5) is 28.5. The Morgan fingerprint density at radius 3 is 2.29 bits per heavy atom. The molecule has 5 rings (SSSR count). The molecule has 1 aliphatic rings. The van der Waals surface area contributed by atoms with Crippen LogP contribution in [-0.4, -0.2) is 11.9 Å². The molecule has 0 saturated carbocycles. The summed E-state index contributed by atoms with van der Waals surface area (Å²) in [6.07, 6.45) is 1.48. The molecule has 1 unspecified atom stereocenters. The molecule has 1 aliphatic heterocycles. The molecular weight excluding hydrogens is 354 g/mol. The first-order valence-corrected chi connectivity index (χ1v) is 9.22. The first-order valence-electron chi connectivity index (χ1n) is 9.22. The lowest BCUT2D eigenvalue weighted by Crippen LogP contribution is -2.26. The topological polar surface area (TPSA) is 63.7 Å². The van der Waals surface area contributed by atoms with Gasteiger partial charge in [0.05, 0.1) is 34.5 Å². The van der Waals surface area contributed by atoms with Gasteiger partial charge in [-0.15, -0.1) is 0 Å². The van der Waals surface area contributed by atoms with E-state index in [1.54, 1.807) is 6.07 Å². The normalized spacial score (nSPS) is 16.8. The minimum absolute atomic E-state index is 0.0851. The lowest BCUT2D eigenvalue weighted by molar-refractivity contribution is 0.289. The van der Waals surface area contributed by atoms with E-state index in [0.29, 0.717) is 45.4 Å². The Morgan fingerprint density at radius 2 is 1.57 bits per heavy atom. The molecule has 140 valence electrons. The summed E-state index contributed by atoms with van der Waals surface area (Å²) in [5, 5.41) is 1.07. The second kappa shape index (κ2) is 5.91. The van der Waals surface area contributed by atoms with E-state index < -0.39 is 6.04 Å². The van der Waals surface area contributed by atoms with Gasteiger partial charge >= 0.3 is 0 Å². The first kappa shape index (κ1) is 17.0. The third-order valence-electron chi connectivity index (χ3n) is 5.51. The fourth-order valence-corrected chi connectivity index (χ4v) is 4.14. The zero-order chi connectivity index (χ0) is 19.6. The molecule has 2 aromatic heterocycles. The number of rotatable bonds is 1. The summed E-state index contributed by atoms with van der Waals surface area (Å²) in [6.45, 7) is 4.34. The van der Waals surface area contributed by atoms with Gasteiger partial charge in [0, 0.05) is 0 Å². The predicted octanol–water partition coefficient (Wildman–Crippen LogP) is 4.05. The number of fused-ring (bicyclic) bond motifs is 3. The molecule has 4 aromatic rings. The predicted molar refractivity (Wildman–Crippen MR) is 108 cm³/mol. The maximum Gasteiger partial charge on any atom is 0.198 e. The second-order valence-electron chi connectivity index (χ2n) is 7.61. The smallest absolute Gasteiger partial charge is 0.198 e. The van der Waals surface area contributed by atoms with Crippen LogP contribution in [0.2, 0.25) is 0 Å². The molecule has 0 radical (unpaired) electrons. The van der Waals surface area contributed by atoms with Gasteiger partial charge in [-0.2, -0.15) is 0 Å². The van der Waals surface area contributed by atoms with Crippen molar-refractivity contribution in [3.63, 3.8) is 0 Å². The quantitative estimate of drug-likeness (QED) is 0.504. The third kappa shape index (κ3) is 2.36. The number of benzene rings is 2. The average molecular weight is 373 g/mol. The summed E-state index contributed by atoms with van der Waals surface area (Å²) in [5.74, 6) is 0.609. The van der Waals surface area contributed by atoms with Gasteiger partial charge in [0.15, 0.2) is 10.9 Å². The number of nitrogens with zero attached hydrogens (tertiary/aromatic N) is 1. The van der Waals surface area contributed by atoms with Crippen molar-refractivity contribution in [2.24, 2.45) is 0 Å². The van der Waals surface area contributed by atoms with Gasteiger partial charge in [-0.1, -0.05) is 23.3 Å². The van der Waals surface area contributed by atoms with Crippen LogP contribution in [-0.2, 0) is 6.54 Å². The van der Waals surface area contributed by atoms with E-state index in [9.17, 15) is 9.59 Å². The largest absolute Gasteiger partial charge is 0.464 e. The second-order valence-corrected chi connectivity index (χ2v) is 7.61. The van der Waals surface area contributed by atoms with Crippen LogP contribution in [0.4, 0.5) is 0 Å². The minimum Gasteiger partial charge on any atom is -0.464 e. The van der Waals surface area contributed by atoms with Crippen LogP contribution in [0.1, 0.15) is 34.1 Å². The molecule has 0 amide bonds. The maximum absolute atomic E-state index is 13.3. The Kier molecular flexibility index (Phi) is 3.58. The summed E-state index contributed by atoms with van der Waals surface area (Å²) >= 11 is 0. The zero-order valence-electron chi connectivity index (χ0n) is 15.9. The molecule has 2 aromatic carbocycles. The molecule has 0 bridgehead atoms. The molecule has 0 spiro atoms. The van der Waals surface area contributed by atoms with Gasteiger partial charge in [-0.25, -0.2) is 0 Å². The van der Waals surface area contributed by atoms with E-state index in [0.717, 1.165) is 11.1 Å². The van der Waals surface area contributed by atoms with Crippen molar-refractivity contribution in [3.05, 3.63) is 91.1 Å². The first-order chi connectivity index (χ1) is 13.4. The zero-order valence-corrected chi connectivity index (χ0v) is 15.9. The minimum atomic E-state index is -0.489. The van der Waals surface area contributed by atoms with Crippen LogP contribution in [0.3, 0.4) is 0 Å². The highest BCUT2D eigenvalue weighted by Crippen LogP contribution is 2.36. The van der Waals surface area contributed by atoms with Gasteiger partial charge in [-0.05, 0) is 45.2 Å². The van der Waals surface area contributed by atoms with Crippen LogP contribution >= 0.6 is 0 Å². The van der Waals surface area contributed by atoms with Gasteiger partial charge in [0.1, 0.15) is 23.2 Å². The Morgan fingerprint density at radius 1 is 0.929 bits per heavy atom. The van der Waals surface area contributed by atoms with E-state index >= 15 is 0 Å². The standard InChI is InChI=1S/C23H19NO4/c1-12-4-6-17-14(8-12)22(25)16(11-27-17)21-20-19(10-24(21)3)28-18-7-5-13(2)9-15(18)23(20)26/h4-9,11,21H,10H2,1-3H3. The van der Waals surface area contributed by atoms with Gasteiger partial charge in [0.25, 0.3) is 0 Å². The van der Waals surface area contributed by atoms with Crippen molar-refractivity contribution in [1.82, 2.24) is 4.90 Å². The van der Waals surface area contributed by atoms with Crippen LogP contribution in [0.5, 0.6) is 0 Å². The van der Waals surface area contributed by atoms with Crippen molar-refractivity contribution in [2.75, 3.05) is 7.05 Å². The van der Waals surface area contributed by atoms with Gasteiger partial charge < -0.3 is 8.83 Å². The SMILES string of the molecule is Cc1ccc2occ(C3c4c(oc5ccc(C)cc5c4=O)CN3C)c(=O)c2c1. The molecule has 0 aliphatic carbocycles. The lowest BCUT2D eigenvalue weighted by atomic mass is 9.98. The van der Waals surface area contributed by atoms with Crippen molar-refractivity contribution >= 4 is 21.9 Å². The monoisotopic (exact) mass is 373 g/mol. The summed E-state index contributed by atoms with van der Waals surface area (Å²) in [7, 11) is 1.88. The third-order valence-corrected chi connectivity index (χ3v) is 5.51. The maximum atomic E-state index is 13.3. The molecule has 28 heavy (non-hydrogen) atoms. The molecule has 1 atom stereocenters. The van der Waals surface area contributed by atoms with Crippen LogP contribution in [0.25, 0.3) is 21.9 Å². The Labute approximate surface area is 160 Å². The van der Waals surface area contributed by atoms with E-state index in [2.05, 4.69) is 0 Å². The van der Waals surface area contributed by atoms with Crippen molar-refractivity contribution in [2.45, 2.75) is 26.4 Å². The number of hydrogen-bond acceptors (Lipinski definition) is 5. The molecule has 0 N–H and O–H groups in total. The van der Waals surface area contributed by atoms with E-state index in [-0.39, 0.29) is 10.9 Å². The van der Waals surface area contributed by atoms with Crippen LogP contribution in [0.15, 0.2) is 61.1 Å². The fourth-order valence-electron chi connectivity index (χ4n) is 4.14. The highest BCUT2D eigenvalue weighted by molar-refractivity contribution is 5.80. The number of hydrogen-bond donors (Lipinski definition) is 0. The van der Waals surface area contributed by atoms with Crippen LogP contribution < -0.4 is 10.9 Å². The van der Waals surface area contributed by atoms with E-state index in [1.807, 2.05) is 56.1 Å². The molecular formula is C23H19NO4. The highest BCUT2D eigenvalue weighted by atomic mass is 16.3.